The molecule has 21 heavy (non-hydrogen) atoms. The normalized spacial score (nSPS) is 26.9. The van der Waals surface area contributed by atoms with Crippen LogP contribution in [0.1, 0.15) is 6.42 Å². The minimum Gasteiger partial charge on any atom is -0.381 e. The standard InChI is InChI=1S/C13H17N3O4S/c17-13(14-8-10-3-6-20-9-10)11-2-1-4-16-5-7-21(18,19)15-12(11)16/h1-2,4,10H,3,5-9H2,(H,14,17)/t10-/m0/s1. The maximum atomic E-state index is 12.3. The van der Waals surface area contributed by atoms with Crippen molar-refractivity contribution in [3.8, 4) is 0 Å². The van der Waals surface area contributed by atoms with Crippen LogP contribution in [-0.2, 0) is 19.6 Å². The summed E-state index contributed by atoms with van der Waals surface area (Å²) in [5.74, 6) is 0.202. The van der Waals surface area contributed by atoms with Crippen LogP contribution in [0.5, 0.6) is 0 Å². The molecule has 0 spiro atoms. The zero-order valence-corrected chi connectivity index (χ0v) is 12.3. The number of rotatable bonds is 3. The zero-order chi connectivity index (χ0) is 14.9. The fourth-order valence-electron chi connectivity index (χ4n) is 2.47. The highest BCUT2D eigenvalue weighted by atomic mass is 32.2. The molecule has 0 bridgehead atoms. The Kier molecular flexibility index (Phi) is 3.81. The number of fused-ring (bicyclic) bond motifs is 1. The van der Waals surface area contributed by atoms with Gasteiger partial charge in [0.25, 0.3) is 15.9 Å². The third kappa shape index (κ3) is 3.16. The van der Waals surface area contributed by atoms with Gasteiger partial charge in [0, 0.05) is 31.8 Å². The zero-order valence-electron chi connectivity index (χ0n) is 11.5. The van der Waals surface area contributed by atoms with E-state index in [1.165, 1.54) is 0 Å². The summed E-state index contributed by atoms with van der Waals surface area (Å²) in [6.45, 7) is 2.23. The topological polar surface area (TPSA) is 88.1 Å². The molecule has 0 unspecified atom stereocenters. The van der Waals surface area contributed by atoms with Gasteiger partial charge >= 0.3 is 0 Å². The number of carbonyl (C=O) groups is 1. The van der Waals surface area contributed by atoms with Crippen molar-refractivity contribution >= 4 is 21.8 Å². The molecule has 0 aromatic carbocycles. The van der Waals surface area contributed by atoms with E-state index < -0.39 is 10.0 Å². The summed E-state index contributed by atoms with van der Waals surface area (Å²) in [5, 5.41) is 2.83. The van der Waals surface area contributed by atoms with Gasteiger partial charge in [-0.3, -0.25) is 4.79 Å². The number of amides is 1. The fourth-order valence-corrected chi connectivity index (χ4v) is 3.46. The first-order chi connectivity index (χ1) is 10.1. The minimum atomic E-state index is -3.48. The highest BCUT2D eigenvalue weighted by molar-refractivity contribution is 7.90. The molecular formula is C13H17N3O4S. The molecule has 1 fully saturated rings. The molecule has 1 amide bonds. The number of allylic oxidation sites excluding steroid dienone is 2. The Bertz CT molecular complexity index is 630. The highest BCUT2D eigenvalue weighted by Crippen LogP contribution is 2.18. The number of nitrogens with one attached hydrogen (secondary N) is 1. The van der Waals surface area contributed by atoms with E-state index in [4.69, 9.17) is 4.74 Å². The van der Waals surface area contributed by atoms with E-state index in [0.717, 1.165) is 13.0 Å². The quantitative estimate of drug-likeness (QED) is 0.769. The van der Waals surface area contributed by atoms with Gasteiger partial charge in [-0.25, -0.2) is 8.42 Å². The number of sulfonamides is 1. The van der Waals surface area contributed by atoms with Gasteiger partial charge in [-0.1, -0.05) is 0 Å². The third-order valence-corrected chi connectivity index (χ3v) is 4.83. The molecule has 0 saturated carbocycles. The Labute approximate surface area is 123 Å². The summed E-state index contributed by atoms with van der Waals surface area (Å²) in [6, 6.07) is 0. The molecule has 1 N–H and O–H groups in total. The maximum Gasteiger partial charge on any atom is 0.256 e. The molecule has 3 aliphatic heterocycles. The Hall–Kier alpha value is -1.67. The molecular weight excluding hydrogens is 294 g/mol. The molecule has 3 aliphatic rings. The van der Waals surface area contributed by atoms with Gasteiger partial charge in [0.2, 0.25) is 0 Å². The van der Waals surface area contributed by atoms with Gasteiger partial charge in [-0.2, -0.15) is 0 Å². The molecule has 0 aliphatic carbocycles. The second-order valence-corrected chi connectivity index (χ2v) is 7.01. The second-order valence-electron chi connectivity index (χ2n) is 5.26. The smallest absolute Gasteiger partial charge is 0.256 e. The maximum absolute atomic E-state index is 12.3. The van der Waals surface area contributed by atoms with E-state index in [0.29, 0.717) is 31.2 Å². The van der Waals surface area contributed by atoms with Gasteiger partial charge in [0.05, 0.1) is 17.9 Å². The van der Waals surface area contributed by atoms with E-state index >= 15 is 0 Å². The van der Waals surface area contributed by atoms with Crippen LogP contribution in [0.25, 0.3) is 0 Å². The van der Waals surface area contributed by atoms with E-state index in [-0.39, 0.29) is 17.5 Å². The van der Waals surface area contributed by atoms with Crippen LogP contribution < -0.4 is 5.32 Å². The Morgan fingerprint density at radius 1 is 1.52 bits per heavy atom. The van der Waals surface area contributed by atoms with Crippen molar-refractivity contribution in [2.45, 2.75) is 6.42 Å². The Balaban J connectivity index is 1.73. The molecule has 1 atom stereocenters. The van der Waals surface area contributed by atoms with Gasteiger partial charge < -0.3 is 15.0 Å². The lowest BCUT2D eigenvalue weighted by Gasteiger charge is -2.28. The van der Waals surface area contributed by atoms with Crippen molar-refractivity contribution in [3.63, 3.8) is 0 Å². The molecule has 1 saturated heterocycles. The lowest BCUT2D eigenvalue weighted by atomic mass is 10.1. The van der Waals surface area contributed by atoms with Crippen LogP contribution in [0.4, 0.5) is 0 Å². The third-order valence-electron chi connectivity index (χ3n) is 3.68. The van der Waals surface area contributed by atoms with Crippen LogP contribution in [0.2, 0.25) is 0 Å². The number of hydrogen-bond donors (Lipinski definition) is 1. The summed E-state index contributed by atoms with van der Waals surface area (Å²) in [4.78, 5) is 14.0. The number of carbonyl (C=O) groups excluding carboxylic acids is 1. The monoisotopic (exact) mass is 311 g/mol. The Morgan fingerprint density at radius 2 is 2.38 bits per heavy atom. The first kappa shape index (κ1) is 14.3. The molecule has 8 heteroatoms. The summed E-state index contributed by atoms with van der Waals surface area (Å²) >= 11 is 0. The number of nitrogens with zero attached hydrogens (tertiary/aromatic N) is 2. The molecule has 3 heterocycles. The van der Waals surface area contributed by atoms with Crippen LogP contribution in [0.3, 0.4) is 0 Å². The highest BCUT2D eigenvalue weighted by Gasteiger charge is 2.30. The van der Waals surface area contributed by atoms with Crippen LogP contribution in [-0.4, -0.2) is 57.1 Å². The summed E-state index contributed by atoms with van der Waals surface area (Å²) in [7, 11) is -3.48. The molecule has 114 valence electrons. The average Bonchev–Trinajstić information content (AvgIpc) is 2.96. The van der Waals surface area contributed by atoms with E-state index in [9.17, 15) is 13.2 Å². The second kappa shape index (κ2) is 5.61. The van der Waals surface area contributed by atoms with Gasteiger partial charge in [0.15, 0.2) is 5.84 Å². The summed E-state index contributed by atoms with van der Waals surface area (Å²) in [6.07, 6.45) is 5.98. The minimum absolute atomic E-state index is 0.0326. The van der Waals surface area contributed by atoms with Gasteiger partial charge in [-0.15, -0.1) is 4.40 Å². The Morgan fingerprint density at radius 3 is 3.14 bits per heavy atom. The van der Waals surface area contributed by atoms with Crippen molar-refractivity contribution in [1.82, 2.24) is 10.2 Å². The molecule has 0 aromatic rings. The lowest BCUT2D eigenvalue weighted by molar-refractivity contribution is -0.117. The summed E-state index contributed by atoms with van der Waals surface area (Å²) in [5.41, 5.74) is 0.291. The van der Waals surface area contributed by atoms with E-state index in [1.807, 2.05) is 0 Å². The van der Waals surface area contributed by atoms with E-state index in [1.54, 1.807) is 23.3 Å². The van der Waals surface area contributed by atoms with Crippen molar-refractivity contribution in [2.75, 3.05) is 32.1 Å². The van der Waals surface area contributed by atoms with Crippen molar-refractivity contribution in [2.24, 2.45) is 10.3 Å². The van der Waals surface area contributed by atoms with Crippen molar-refractivity contribution < 1.29 is 17.9 Å². The molecule has 7 nitrogen and oxygen atoms in total. The fraction of sp³-hybridized carbons (Fsp3) is 0.538. The predicted octanol–water partition coefficient (Wildman–Crippen LogP) is -0.363. The SMILES string of the molecule is O=C(NC[C@@H]1CCOC1)C1=CC=CN2CCS(=O)(=O)N=C12. The molecule has 0 aromatic heterocycles. The molecule has 0 radical (unpaired) electrons. The van der Waals surface area contributed by atoms with Gasteiger partial charge in [0.1, 0.15) is 0 Å². The van der Waals surface area contributed by atoms with Crippen LogP contribution >= 0.6 is 0 Å². The van der Waals surface area contributed by atoms with E-state index in [2.05, 4.69) is 9.71 Å². The first-order valence-corrected chi connectivity index (χ1v) is 8.50. The number of amidine groups is 1. The number of hydrogen-bond acceptors (Lipinski definition) is 5. The van der Waals surface area contributed by atoms with Crippen molar-refractivity contribution in [1.29, 1.82) is 0 Å². The largest absolute Gasteiger partial charge is 0.381 e. The molecule has 3 rings (SSSR count). The van der Waals surface area contributed by atoms with Gasteiger partial charge in [-0.05, 0) is 18.6 Å². The summed E-state index contributed by atoms with van der Waals surface area (Å²) < 4.78 is 32.2. The lowest BCUT2D eigenvalue weighted by Crippen LogP contribution is -2.43. The van der Waals surface area contributed by atoms with Crippen LogP contribution in [0, 0.1) is 5.92 Å². The van der Waals surface area contributed by atoms with Crippen molar-refractivity contribution in [3.05, 3.63) is 23.9 Å². The predicted molar refractivity (Wildman–Crippen MR) is 77.1 cm³/mol. The van der Waals surface area contributed by atoms with Crippen LogP contribution in [0.15, 0.2) is 28.3 Å². The number of ether oxygens (including phenoxy) is 1. The average molecular weight is 311 g/mol. The first-order valence-electron chi connectivity index (χ1n) is 6.89.